The van der Waals surface area contributed by atoms with Crippen LogP contribution in [-0.4, -0.2) is 40.5 Å². The molecule has 0 amide bonds. The topological polar surface area (TPSA) is 30.5 Å². The third kappa shape index (κ3) is 8.00. The number of hydrogen-bond donors (Lipinski definition) is 1. The summed E-state index contributed by atoms with van der Waals surface area (Å²) in [6, 6.07) is 8.54. The van der Waals surface area contributed by atoms with Crippen molar-refractivity contribution in [2.75, 3.05) is 40.5 Å². The molecule has 0 spiro atoms. The monoisotopic (exact) mass is 343 g/mol. The van der Waals surface area contributed by atoms with Gasteiger partial charge < -0.3 is 14.8 Å². The lowest BCUT2D eigenvalue weighted by molar-refractivity contribution is 0.0937. The number of halogens is 1. The zero-order valence-electron chi connectivity index (χ0n) is 12.5. The number of methoxy groups -OCH3 is 1. The summed E-state index contributed by atoms with van der Waals surface area (Å²) in [7, 11) is 3.73. The number of hydrogen-bond acceptors (Lipinski definition) is 3. The fraction of sp³-hybridized carbons (Fsp3) is 0.625. The van der Waals surface area contributed by atoms with Gasteiger partial charge in [-0.2, -0.15) is 0 Å². The predicted octanol–water partition coefficient (Wildman–Crippen LogP) is 3.27. The molecule has 0 saturated carbocycles. The molecule has 0 radical (unpaired) electrons. The van der Waals surface area contributed by atoms with Crippen LogP contribution in [0.3, 0.4) is 0 Å². The standard InChI is InChI=1S/C16H26BrNO2/c1-18-13-15(7-10-20-9-4-8-19-2)11-14-5-3-6-16(17)12-14/h3,5-6,12,15,18H,4,7-11,13H2,1-2H3. The number of benzene rings is 1. The molecule has 1 unspecified atom stereocenters. The highest BCUT2D eigenvalue weighted by atomic mass is 79.9. The van der Waals surface area contributed by atoms with Crippen LogP contribution in [0.25, 0.3) is 0 Å². The third-order valence-corrected chi connectivity index (χ3v) is 3.71. The average Bonchev–Trinajstić information content (AvgIpc) is 2.43. The Morgan fingerprint density at radius 1 is 1.25 bits per heavy atom. The molecule has 0 aromatic heterocycles. The first kappa shape index (κ1) is 17.6. The number of rotatable bonds is 11. The van der Waals surface area contributed by atoms with Gasteiger partial charge >= 0.3 is 0 Å². The Kier molecular flexibility index (Phi) is 9.93. The highest BCUT2D eigenvalue weighted by Gasteiger charge is 2.09. The summed E-state index contributed by atoms with van der Waals surface area (Å²) < 4.78 is 11.8. The lowest BCUT2D eigenvalue weighted by Crippen LogP contribution is -2.22. The summed E-state index contributed by atoms with van der Waals surface area (Å²) in [4.78, 5) is 0. The van der Waals surface area contributed by atoms with Crippen molar-refractivity contribution in [1.82, 2.24) is 5.32 Å². The van der Waals surface area contributed by atoms with E-state index >= 15 is 0 Å². The van der Waals surface area contributed by atoms with E-state index in [1.807, 2.05) is 7.05 Å². The second kappa shape index (κ2) is 11.3. The first-order valence-corrected chi connectivity index (χ1v) is 8.01. The Hall–Kier alpha value is -0.420. The largest absolute Gasteiger partial charge is 0.385 e. The van der Waals surface area contributed by atoms with Gasteiger partial charge in [-0.25, -0.2) is 0 Å². The molecule has 0 saturated heterocycles. The van der Waals surface area contributed by atoms with Crippen LogP contribution in [0.2, 0.25) is 0 Å². The van der Waals surface area contributed by atoms with E-state index in [0.717, 1.165) is 50.1 Å². The minimum atomic E-state index is 0.608. The third-order valence-electron chi connectivity index (χ3n) is 3.21. The van der Waals surface area contributed by atoms with Crippen molar-refractivity contribution in [3.05, 3.63) is 34.3 Å². The van der Waals surface area contributed by atoms with Crippen molar-refractivity contribution in [1.29, 1.82) is 0 Å². The lowest BCUT2D eigenvalue weighted by atomic mass is 9.96. The fourth-order valence-electron chi connectivity index (χ4n) is 2.22. The molecule has 4 heteroatoms. The van der Waals surface area contributed by atoms with Gasteiger partial charge in [-0.05, 0) is 56.5 Å². The zero-order valence-corrected chi connectivity index (χ0v) is 14.1. The molecule has 1 atom stereocenters. The molecule has 1 N–H and O–H groups in total. The van der Waals surface area contributed by atoms with Gasteiger partial charge in [-0.15, -0.1) is 0 Å². The van der Waals surface area contributed by atoms with E-state index in [0.29, 0.717) is 5.92 Å². The molecule has 0 aliphatic heterocycles. The lowest BCUT2D eigenvalue weighted by Gasteiger charge is -2.17. The van der Waals surface area contributed by atoms with E-state index < -0.39 is 0 Å². The van der Waals surface area contributed by atoms with Crippen molar-refractivity contribution in [3.8, 4) is 0 Å². The molecule has 114 valence electrons. The summed E-state index contributed by atoms with van der Waals surface area (Å²) in [5.74, 6) is 0.608. The van der Waals surface area contributed by atoms with Gasteiger partial charge in [-0.1, -0.05) is 28.1 Å². The normalized spacial score (nSPS) is 12.6. The van der Waals surface area contributed by atoms with E-state index in [1.165, 1.54) is 5.56 Å². The SMILES string of the molecule is CNCC(CCOCCCOC)Cc1cccc(Br)c1. The highest BCUT2D eigenvalue weighted by Crippen LogP contribution is 2.16. The van der Waals surface area contributed by atoms with Gasteiger partial charge in [0.1, 0.15) is 0 Å². The van der Waals surface area contributed by atoms with E-state index in [9.17, 15) is 0 Å². The summed E-state index contributed by atoms with van der Waals surface area (Å²) in [6.45, 7) is 3.41. The maximum atomic E-state index is 5.66. The Morgan fingerprint density at radius 3 is 2.80 bits per heavy atom. The van der Waals surface area contributed by atoms with Gasteiger partial charge in [0, 0.05) is 31.4 Å². The van der Waals surface area contributed by atoms with Crippen LogP contribution in [0.5, 0.6) is 0 Å². The molecule has 1 rings (SSSR count). The molecule has 0 aliphatic carbocycles. The van der Waals surface area contributed by atoms with Gasteiger partial charge in [-0.3, -0.25) is 0 Å². The Labute approximate surface area is 131 Å². The fourth-order valence-corrected chi connectivity index (χ4v) is 2.67. The van der Waals surface area contributed by atoms with Crippen LogP contribution in [-0.2, 0) is 15.9 Å². The van der Waals surface area contributed by atoms with E-state index in [4.69, 9.17) is 9.47 Å². The summed E-state index contributed by atoms with van der Waals surface area (Å²) in [6.07, 6.45) is 3.14. The van der Waals surface area contributed by atoms with Crippen molar-refractivity contribution in [3.63, 3.8) is 0 Å². The second-order valence-electron chi connectivity index (χ2n) is 5.01. The molecule has 0 fully saturated rings. The highest BCUT2D eigenvalue weighted by molar-refractivity contribution is 9.10. The summed E-state index contributed by atoms with van der Waals surface area (Å²) in [5, 5.41) is 3.28. The van der Waals surface area contributed by atoms with E-state index in [1.54, 1.807) is 7.11 Å². The Balaban J connectivity index is 2.29. The zero-order chi connectivity index (χ0) is 14.6. The summed E-state index contributed by atoms with van der Waals surface area (Å²) in [5.41, 5.74) is 1.37. The first-order valence-electron chi connectivity index (χ1n) is 7.22. The molecule has 0 bridgehead atoms. The van der Waals surface area contributed by atoms with E-state index in [-0.39, 0.29) is 0 Å². The smallest absolute Gasteiger partial charge is 0.0487 e. The van der Waals surface area contributed by atoms with Crippen LogP contribution in [0.4, 0.5) is 0 Å². The molecular weight excluding hydrogens is 318 g/mol. The van der Waals surface area contributed by atoms with Crippen LogP contribution < -0.4 is 5.32 Å². The Bertz CT molecular complexity index is 360. The van der Waals surface area contributed by atoms with Gasteiger partial charge in [0.25, 0.3) is 0 Å². The van der Waals surface area contributed by atoms with Crippen molar-refractivity contribution in [2.45, 2.75) is 19.3 Å². The van der Waals surface area contributed by atoms with Crippen LogP contribution in [0, 0.1) is 5.92 Å². The molecule has 1 aromatic carbocycles. The number of ether oxygens (including phenoxy) is 2. The van der Waals surface area contributed by atoms with Crippen LogP contribution >= 0.6 is 15.9 Å². The molecule has 1 aromatic rings. The second-order valence-corrected chi connectivity index (χ2v) is 5.92. The maximum absolute atomic E-state index is 5.66. The van der Waals surface area contributed by atoms with Gasteiger partial charge in [0.2, 0.25) is 0 Å². The van der Waals surface area contributed by atoms with Crippen molar-refractivity contribution >= 4 is 15.9 Å². The van der Waals surface area contributed by atoms with Crippen molar-refractivity contribution in [2.24, 2.45) is 5.92 Å². The molecule has 0 aliphatic rings. The maximum Gasteiger partial charge on any atom is 0.0487 e. The Morgan fingerprint density at radius 2 is 2.10 bits per heavy atom. The van der Waals surface area contributed by atoms with Crippen molar-refractivity contribution < 1.29 is 9.47 Å². The van der Waals surface area contributed by atoms with Gasteiger partial charge in [0.15, 0.2) is 0 Å². The molecule has 0 heterocycles. The van der Waals surface area contributed by atoms with Gasteiger partial charge in [0.05, 0.1) is 0 Å². The average molecular weight is 344 g/mol. The van der Waals surface area contributed by atoms with Crippen LogP contribution in [0.15, 0.2) is 28.7 Å². The van der Waals surface area contributed by atoms with Crippen LogP contribution in [0.1, 0.15) is 18.4 Å². The predicted molar refractivity (Wildman–Crippen MR) is 87.2 cm³/mol. The summed E-state index contributed by atoms with van der Waals surface area (Å²) >= 11 is 3.53. The first-order chi connectivity index (χ1) is 9.76. The number of nitrogens with one attached hydrogen (secondary N) is 1. The minimum Gasteiger partial charge on any atom is -0.385 e. The molecular formula is C16H26BrNO2. The molecule has 20 heavy (non-hydrogen) atoms. The molecule has 3 nitrogen and oxygen atoms in total. The van der Waals surface area contributed by atoms with E-state index in [2.05, 4.69) is 45.5 Å². The minimum absolute atomic E-state index is 0.608. The quantitative estimate of drug-likeness (QED) is 0.625.